The first kappa shape index (κ1) is 38.7. The van der Waals surface area contributed by atoms with Crippen molar-refractivity contribution in [2.75, 3.05) is 4.90 Å². The number of hydrogen-bond donors (Lipinski definition) is 0. The van der Waals surface area contributed by atoms with E-state index in [1.807, 2.05) is 94.4 Å². The summed E-state index contributed by atoms with van der Waals surface area (Å²) in [5.74, 6) is 0. The van der Waals surface area contributed by atoms with E-state index in [0.29, 0.717) is 11.4 Å². The van der Waals surface area contributed by atoms with E-state index in [-0.39, 0.29) is 35.5 Å². The van der Waals surface area contributed by atoms with Crippen molar-refractivity contribution in [1.82, 2.24) is 4.57 Å². The molecule has 0 bridgehead atoms. The highest BCUT2D eigenvalue weighted by Crippen LogP contribution is 2.57. The molecule has 2 nitrogen and oxygen atoms in total. The molecule has 0 fully saturated rings. The first-order chi connectivity index (χ1) is 36.8. The topological polar surface area (TPSA) is 8.17 Å². The van der Waals surface area contributed by atoms with Crippen LogP contribution >= 0.6 is 0 Å². The fourth-order valence-electron chi connectivity index (χ4n) is 10.7. The van der Waals surface area contributed by atoms with Gasteiger partial charge in [0.15, 0.2) is 0 Å². The summed E-state index contributed by atoms with van der Waals surface area (Å²) < 4.78 is 41.7. The lowest BCUT2D eigenvalue weighted by Gasteiger charge is -2.35. The molecule has 0 N–H and O–H groups in total. The molecule has 0 amide bonds. The number of para-hydroxylation sites is 2. The van der Waals surface area contributed by atoms with Gasteiger partial charge in [-0.15, -0.1) is 0 Å². The van der Waals surface area contributed by atoms with Crippen LogP contribution in [0.1, 0.15) is 38.9 Å². The summed E-state index contributed by atoms with van der Waals surface area (Å²) in [6.07, 6.45) is 11.5. The second kappa shape index (κ2) is 18.3. The van der Waals surface area contributed by atoms with Crippen molar-refractivity contribution < 1.29 is 5.48 Å². The lowest BCUT2D eigenvalue weighted by Crippen LogP contribution is -2.28. The van der Waals surface area contributed by atoms with E-state index in [2.05, 4.69) is 171 Å². The number of rotatable bonds is 12. The Morgan fingerprint density at radius 3 is 1.52 bits per heavy atom. The van der Waals surface area contributed by atoms with Crippen LogP contribution in [0, 0.1) is 0 Å². The van der Waals surface area contributed by atoms with E-state index < -0.39 is 5.41 Å². The minimum absolute atomic E-state index is 0.137. The van der Waals surface area contributed by atoms with Crippen LogP contribution in [0.3, 0.4) is 0 Å². The first-order valence-corrected chi connectivity index (χ1v) is 24.0. The second-order valence-electron chi connectivity index (χ2n) is 17.8. The lowest BCUT2D eigenvalue weighted by molar-refractivity contribution is 0.768. The molecule has 336 valence electrons. The van der Waals surface area contributed by atoms with Crippen LogP contribution in [0.2, 0.25) is 0 Å². The van der Waals surface area contributed by atoms with Crippen LogP contribution in [-0.2, 0) is 5.41 Å². The highest BCUT2D eigenvalue weighted by atomic mass is 15.1. The van der Waals surface area contributed by atoms with E-state index >= 15 is 0 Å². The minimum atomic E-state index is -0.713. The molecule has 12 rings (SSSR count). The minimum Gasteiger partial charge on any atom is -0.310 e. The Balaban J connectivity index is 1.03. The van der Waals surface area contributed by atoms with Crippen molar-refractivity contribution >= 4 is 51.0 Å². The average Bonchev–Trinajstić information content (AvgIpc) is 3.96. The number of benzene rings is 10. The van der Waals surface area contributed by atoms with E-state index in [0.717, 1.165) is 83.0 Å². The van der Waals surface area contributed by atoms with Crippen LogP contribution in [0.25, 0.3) is 73.0 Å². The predicted octanol–water partition coefficient (Wildman–Crippen LogP) is 18.3. The summed E-state index contributed by atoms with van der Waals surface area (Å²) in [5.41, 5.74) is 15.7. The summed E-state index contributed by atoms with van der Waals surface area (Å²) in [6.45, 7) is 7.70. The third kappa shape index (κ3) is 7.45. The molecule has 0 atom stereocenters. The number of hydrogen-bond acceptors (Lipinski definition) is 1. The Morgan fingerprint density at radius 1 is 0.408 bits per heavy atom. The molecule has 0 unspecified atom stereocenters. The Morgan fingerprint density at radius 2 is 0.901 bits per heavy atom. The van der Waals surface area contributed by atoms with Gasteiger partial charge in [-0.25, -0.2) is 0 Å². The Bertz CT molecular complexity index is 3950. The van der Waals surface area contributed by atoms with E-state index in [4.69, 9.17) is 0 Å². The molecule has 0 radical (unpaired) electrons. The van der Waals surface area contributed by atoms with Gasteiger partial charge in [0.1, 0.15) is 0 Å². The fraction of sp³-hybridized carbons (Fsp3) is 0.0145. The van der Waals surface area contributed by atoms with Gasteiger partial charge in [-0.05, 0) is 133 Å². The first-order valence-electron chi connectivity index (χ1n) is 26.0. The number of nitrogens with zero attached hydrogens (tertiary/aromatic N) is 2. The Kier molecular flexibility index (Phi) is 10.00. The lowest BCUT2D eigenvalue weighted by atomic mass is 9.67. The summed E-state index contributed by atoms with van der Waals surface area (Å²) in [7, 11) is 0. The largest absolute Gasteiger partial charge is 0.310 e. The van der Waals surface area contributed by atoms with Crippen LogP contribution in [0.4, 0.5) is 17.1 Å². The second-order valence-corrected chi connectivity index (χ2v) is 17.8. The molecule has 0 aliphatic heterocycles. The molecule has 1 aliphatic rings. The van der Waals surface area contributed by atoms with Gasteiger partial charge in [-0.2, -0.15) is 0 Å². The van der Waals surface area contributed by atoms with Crippen molar-refractivity contribution in [2.24, 2.45) is 0 Å². The van der Waals surface area contributed by atoms with Crippen molar-refractivity contribution in [1.29, 1.82) is 0 Å². The number of anilines is 3. The molecular weight excluding hydrogens is 857 g/mol. The van der Waals surface area contributed by atoms with E-state index in [1.165, 1.54) is 5.56 Å². The maximum absolute atomic E-state index is 10.0. The molecule has 11 aromatic rings. The van der Waals surface area contributed by atoms with E-state index in [1.54, 1.807) is 12.2 Å². The summed E-state index contributed by atoms with van der Waals surface area (Å²) in [6, 6.07) is 74.8. The average molecular weight is 911 g/mol. The molecule has 0 spiro atoms. The predicted molar refractivity (Wildman–Crippen MR) is 302 cm³/mol. The summed E-state index contributed by atoms with van der Waals surface area (Å²) in [5, 5.41) is 1.95. The van der Waals surface area contributed by atoms with Gasteiger partial charge >= 0.3 is 0 Å². The van der Waals surface area contributed by atoms with Gasteiger partial charge in [0.2, 0.25) is 0 Å². The number of allylic oxidation sites excluding steroid dienone is 4. The van der Waals surface area contributed by atoms with Crippen LogP contribution in [0.15, 0.2) is 280 Å². The monoisotopic (exact) mass is 910 g/mol. The van der Waals surface area contributed by atoms with Crippen LogP contribution in [-0.4, -0.2) is 4.57 Å². The molecule has 1 heterocycles. The van der Waals surface area contributed by atoms with Gasteiger partial charge < -0.3 is 9.47 Å². The zero-order valence-corrected chi connectivity index (χ0v) is 39.1. The SMILES string of the molecule is [2H]c1c([2H])c(-n2c3ccccc3c3ccccc32)c([2H])c([2H])c1N(c1ccc(-c2ccc(-c3ccc(/C=C\C=C)c(/C=C\C=C)c3)cc2)cc1)c1ccc2c(c1)C(c1ccccc1)(c1ccccc1)c1ccccc1-2. The zero-order chi connectivity index (χ0) is 51.2. The van der Waals surface area contributed by atoms with Crippen LogP contribution < -0.4 is 4.90 Å². The molecule has 2 heteroatoms. The number of fused-ring (bicyclic) bond motifs is 6. The highest BCUT2D eigenvalue weighted by Gasteiger charge is 2.46. The third-order valence-electron chi connectivity index (χ3n) is 13.9. The fourth-order valence-corrected chi connectivity index (χ4v) is 10.7. The standard InChI is InChI=1S/C69H50N2/c1-3-5-19-49-35-36-54(47-53(49)20-6-4-2)52-33-31-50(32-34-52)51-37-39-57(40-38-51)70(58-41-43-59(44-42-58)71-67-29-17-14-26-63(67)64-27-15-18-30-68(64)71)60-45-46-62-61-25-13-16-28-65(61)69(66(62)48-60,55-21-9-7-10-22-55)56-23-11-8-12-24-56/h3-48H,1-2H2/b19-5-,20-6-/i41D,42D,43D,44D. The van der Waals surface area contributed by atoms with Crippen molar-refractivity contribution in [2.45, 2.75) is 5.41 Å². The van der Waals surface area contributed by atoms with Gasteiger partial charge in [0, 0.05) is 33.5 Å². The molecule has 1 aromatic heterocycles. The van der Waals surface area contributed by atoms with Crippen LogP contribution in [0.5, 0.6) is 0 Å². The molecule has 1 aliphatic carbocycles. The van der Waals surface area contributed by atoms with Gasteiger partial charge in [0.05, 0.1) is 21.9 Å². The quantitative estimate of drug-likeness (QED) is 0.111. The summed E-state index contributed by atoms with van der Waals surface area (Å²) >= 11 is 0. The molecule has 0 saturated heterocycles. The molecular formula is C69H50N2. The Hall–Kier alpha value is -9.24. The highest BCUT2D eigenvalue weighted by molar-refractivity contribution is 6.09. The van der Waals surface area contributed by atoms with Crippen molar-refractivity contribution in [3.63, 3.8) is 0 Å². The zero-order valence-electron chi connectivity index (χ0n) is 43.1. The number of aromatic nitrogens is 1. The molecule has 71 heavy (non-hydrogen) atoms. The van der Waals surface area contributed by atoms with Gasteiger partial charge in [0.25, 0.3) is 0 Å². The van der Waals surface area contributed by atoms with Gasteiger partial charge in [-0.3, -0.25) is 0 Å². The smallest absolute Gasteiger partial charge is 0.0714 e. The maximum Gasteiger partial charge on any atom is 0.0714 e. The van der Waals surface area contributed by atoms with E-state index in [9.17, 15) is 5.48 Å². The maximum atomic E-state index is 10.0. The summed E-state index contributed by atoms with van der Waals surface area (Å²) in [4.78, 5) is 1.92. The van der Waals surface area contributed by atoms with Gasteiger partial charge in [-0.1, -0.05) is 226 Å². The molecule has 0 saturated carbocycles. The van der Waals surface area contributed by atoms with Crippen molar-refractivity contribution in [3.8, 4) is 39.1 Å². The van der Waals surface area contributed by atoms with Crippen molar-refractivity contribution in [3.05, 3.63) is 313 Å². The Labute approximate surface area is 422 Å². The normalized spacial score (nSPS) is 13.4. The molecule has 10 aromatic carbocycles. The third-order valence-corrected chi connectivity index (χ3v) is 13.9.